The largest absolute Gasteiger partial charge is 0.450 e. The van der Waals surface area contributed by atoms with Gasteiger partial charge in [0.15, 0.2) is 0 Å². The zero-order valence-electron chi connectivity index (χ0n) is 20.5. The maximum Gasteiger partial charge on any atom is 0.409 e. The highest BCUT2D eigenvalue weighted by molar-refractivity contribution is 7.85. The highest BCUT2D eigenvalue weighted by Gasteiger charge is 2.32. The molecule has 3 aromatic carbocycles. The van der Waals surface area contributed by atoms with Crippen LogP contribution >= 0.6 is 0 Å². The van der Waals surface area contributed by atoms with E-state index in [2.05, 4.69) is 0 Å². The second-order valence-corrected chi connectivity index (χ2v) is 10.2. The first-order chi connectivity index (χ1) is 18.0. The lowest BCUT2D eigenvalue weighted by molar-refractivity contribution is 0.0570. The minimum absolute atomic E-state index is 0.203. The minimum atomic E-state index is -1.59. The van der Waals surface area contributed by atoms with Crippen LogP contribution in [0.15, 0.2) is 82.6 Å². The Morgan fingerprint density at radius 2 is 1.54 bits per heavy atom. The first-order valence-electron chi connectivity index (χ1n) is 12.2. The molecule has 2 aliphatic rings. The van der Waals surface area contributed by atoms with Crippen LogP contribution in [0.3, 0.4) is 0 Å². The molecular formula is C28H27N3O5S. The summed E-state index contributed by atoms with van der Waals surface area (Å²) in [6.07, 6.45) is -0.378. The molecule has 0 aliphatic carbocycles. The highest BCUT2D eigenvalue weighted by atomic mass is 32.2. The third kappa shape index (κ3) is 4.86. The lowest BCUT2D eigenvalue weighted by Crippen LogP contribution is -2.50. The molecule has 3 aromatic rings. The van der Waals surface area contributed by atoms with Gasteiger partial charge >= 0.3 is 6.09 Å². The number of nitrogens with zero attached hydrogens (tertiary/aromatic N) is 3. The molecule has 3 amide bonds. The van der Waals surface area contributed by atoms with E-state index in [0.717, 1.165) is 5.56 Å². The summed E-state index contributed by atoms with van der Waals surface area (Å²) < 4.78 is 18.7. The number of ether oxygens (including phenoxy) is 1. The molecular weight excluding hydrogens is 490 g/mol. The van der Waals surface area contributed by atoms with Crippen molar-refractivity contribution in [3.05, 3.63) is 89.5 Å². The van der Waals surface area contributed by atoms with Crippen molar-refractivity contribution < 1.29 is 23.3 Å². The lowest BCUT2D eigenvalue weighted by Gasteiger charge is -2.34. The lowest BCUT2D eigenvalue weighted by atomic mass is 10.1. The van der Waals surface area contributed by atoms with Crippen LogP contribution in [0.1, 0.15) is 33.2 Å². The molecule has 8 nitrogen and oxygen atoms in total. The molecule has 5 rings (SSSR count). The fourth-order valence-electron chi connectivity index (χ4n) is 4.61. The van der Waals surface area contributed by atoms with Crippen molar-refractivity contribution in [2.45, 2.75) is 23.3 Å². The predicted molar refractivity (Wildman–Crippen MR) is 139 cm³/mol. The van der Waals surface area contributed by atoms with E-state index < -0.39 is 10.8 Å². The maximum absolute atomic E-state index is 13.7. The van der Waals surface area contributed by atoms with Crippen LogP contribution in [0.2, 0.25) is 0 Å². The zero-order valence-corrected chi connectivity index (χ0v) is 21.3. The third-order valence-corrected chi connectivity index (χ3v) is 8.04. The molecule has 0 bridgehead atoms. The van der Waals surface area contributed by atoms with Crippen LogP contribution in [-0.4, -0.2) is 64.7 Å². The Kier molecular flexibility index (Phi) is 7.05. The van der Waals surface area contributed by atoms with Gasteiger partial charge in [-0.25, -0.2) is 9.00 Å². The van der Waals surface area contributed by atoms with Crippen LogP contribution in [0.4, 0.5) is 10.5 Å². The Morgan fingerprint density at radius 3 is 2.27 bits per heavy atom. The van der Waals surface area contributed by atoms with Crippen molar-refractivity contribution in [2.24, 2.45) is 0 Å². The van der Waals surface area contributed by atoms with E-state index in [0.29, 0.717) is 59.4 Å². The average molecular weight is 518 g/mol. The van der Waals surface area contributed by atoms with Gasteiger partial charge in [-0.05, 0) is 42.8 Å². The van der Waals surface area contributed by atoms with Crippen LogP contribution in [-0.2, 0) is 22.1 Å². The smallest absolute Gasteiger partial charge is 0.409 e. The molecule has 0 spiro atoms. The first kappa shape index (κ1) is 24.7. The Bertz CT molecular complexity index is 1370. The van der Waals surface area contributed by atoms with Crippen LogP contribution in [0, 0.1) is 0 Å². The molecule has 0 saturated carbocycles. The van der Waals surface area contributed by atoms with Gasteiger partial charge in [-0.3, -0.25) is 9.59 Å². The third-order valence-electron chi connectivity index (χ3n) is 6.54. The molecule has 1 fully saturated rings. The second kappa shape index (κ2) is 10.6. The Morgan fingerprint density at radius 1 is 0.865 bits per heavy atom. The number of rotatable bonds is 4. The molecule has 2 heterocycles. The summed E-state index contributed by atoms with van der Waals surface area (Å²) in [4.78, 5) is 45.0. The molecule has 0 radical (unpaired) electrons. The van der Waals surface area contributed by atoms with Crippen molar-refractivity contribution >= 4 is 34.4 Å². The average Bonchev–Trinajstić information content (AvgIpc) is 3.03. The van der Waals surface area contributed by atoms with Crippen LogP contribution < -0.4 is 4.90 Å². The van der Waals surface area contributed by atoms with E-state index in [1.165, 1.54) is 0 Å². The molecule has 0 N–H and O–H groups in total. The summed E-state index contributed by atoms with van der Waals surface area (Å²) in [5.74, 6) is -0.467. The number of carbonyl (C=O) groups excluding carboxylic acids is 3. The van der Waals surface area contributed by atoms with Gasteiger partial charge in [0.1, 0.15) is 0 Å². The molecule has 0 aromatic heterocycles. The van der Waals surface area contributed by atoms with E-state index in [9.17, 15) is 18.6 Å². The molecule has 1 saturated heterocycles. The molecule has 0 unspecified atom stereocenters. The topological polar surface area (TPSA) is 87.2 Å². The predicted octanol–water partition coefficient (Wildman–Crippen LogP) is 3.93. The summed E-state index contributed by atoms with van der Waals surface area (Å²) in [5, 5.41) is 0. The number of hydrogen-bond donors (Lipinski definition) is 0. The number of anilines is 1. The Labute approximate surface area is 217 Å². The van der Waals surface area contributed by atoms with Crippen molar-refractivity contribution in [3.63, 3.8) is 0 Å². The number of fused-ring (bicyclic) bond motifs is 2. The molecule has 190 valence electrons. The summed E-state index contributed by atoms with van der Waals surface area (Å²) in [6.45, 7) is 3.84. The number of benzene rings is 3. The summed E-state index contributed by atoms with van der Waals surface area (Å²) in [5.41, 5.74) is 2.16. The standard InChI is InChI=1S/C28H27N3O5S/c1-2-36-28(34)30-16-14-29(15-17-30)26(32)21-12-13-25-23(18-21)31(19-20-8-4-3-5-9-20)27(33)22-10-6-7-11-24(22)37(25)35/h3-13,18H,2,14-17,19H2,1H3/t37-/m0/s1. The van der Waals surface area contributed by atoms with E-state index in [-0.39, 0.29) is 24.5 Å². The van der Waals surface area contributed by atoms with Gasteiger partial charge in [-0.1, -0.05) is 42.5 Å². The quantitative estimate of drug-likeness (QED) is 0.524. The summed E-state index contributed by atoms with van der Waals surface area (Å²) in [7, 11) is -1.59. The SMILES string of the molecule is CCOC(=O)N1CCN(C(=O)c2ccc3c(c2)N(Cc2ccccc2)C(=O)c2ccccc2[S@@]3=O)CC1. The van der Waals surface area contributed by atoms with Crippen LogP contribution in [0.25, 0.3) is 0 Å². The van der Waals surface area contributed by atoms with Crippen molar-refractivity contribution in [1.82, 2.24) is 9.80 Å². The van der Waals surface area contributed by atoms with Crippen LogP contribution in [0.5, 0.6) is 0 Å². The van der Waals surface area contributed by atoms with Gasteiger partial charge in [0.2, 0.25) is 0 Å². The highest BCUT2D eigenvalue weighted by Crippen LogP contribution is 2.36. The van der Waals surface area contributed by atoms with Gasteiger partial charge in [-0.15, -0.1) is 0 Å². The fraction of sp³-hybridized carbons (Fsp3) is 0.250. The summed E-state index contributed by atoms with van der Waals surface area (Å²) in [6, 6.07) is 21.5. The van der Waals surface area contributed by atoms with Gasteiger partial charge in [0.25, 0.3) is 11.8 Å². The molecule has 37 heavy (non-hydrogen) atoms. The zero-order chi connectivity index (χ0) is 25.9. The number of hydrogen-bond acceptors (Lipinski definition) is 5. The second-order valence-electron chi connectivity index (χ2n) is 8.80. The normalized spacial score (nSPS) is 17.1. The van der Waals surface area contributed by atoms with E-state index in [1.54, 1.807) is 64.1 Å². The first-order valence-corrected chi connectivity index (χ1v) is 13.3. The molecule has 1 atom stereocenters. The van der Waals surface area contributed by atoms with E-state index >= 15 is 0 Å². The number of carbonyl (C=O) groups is 3. The van der Waals surface area contributed by atoms with Crippen molar-refractivity contribution in [3.8, 4) is 0 Å². The Hall–Kier alpha value is -3.98. The van der Waals surface area contributed by atoms with E-state index in [1.807, 2.05) is 30.3 Å². The van der Waals surface area contributed by atoms with Gasteiger partial charge < -0.3 is 19.4 Å². The number of piperazine rings is 1. The van der Waals surface area contributed by atoms with Gasteiger partial charge in [-0.2, -0.15) is 0 Å². The molecule has 9 heteroatoms. The summed E-state index contributed by atoms with van der Waals surface area (Å²) >= 11 is 0. The molecule has 2 aliphatic heterocycles. The monoisotopic (exact) mass is 517 g/mol. The van der Waals surface area contributed by atoms with Crippen molar-refractivity contribution in [1.29, 1.82) is 0 Å². The number of amides is 3. The van der Waals surface area contributed by atoms with E-state index in [4.69, 9.17) is 4.74 Å². The fourth-order valence-corrected chi connectivity index (χ4v) is 5.95. The van der Waals surface area contributed by atoms with Gasteiger partial charge in [0, 0.05) is 31.7 Å². The minimum Gasteiger partial charge on any atom is -0.450 e. The van der Waals surface area contributed by atoms with Gasteiger partial charge in [0.05, 0.1) is 45.0 Å². The van der Waals surface area contributed by atoms with Crippen molar-refractivity contribution in [2.75, 3.05) is 37.7 Å². The Balaban J connectivity index is 1.48. The maximum atomic E-state index is 13.7.